The Hall–Kier alpha value is -0.600. The second kappa shape index (κ2) is 4.99. The zero-order chi connectivity index (χ0) is 15.2. The van der Waals surface area contributed by atoms with E-state index in [1.54, 1.807) is 18.2 Å². The molecule has 1 nitrogen and oxygen atoms in total. The summed E-state index contributed by atoms with van der Waals surface area (Å²) in [5.74, 6) is -0.399. The molecular weight excluding hydrogens is 275 g/mol. The molecule has 1 aliphatic carbocycles. The van der Waals surface area contributed by atoms with Gasteiger partial charge in [0.1, 0.15) is 5.82 Å². The zero-order valence-electron chi connectivity index (χ0n) is 12.8. The van der Waals surface area contributed by atoms with Crippen molar-refractivity contribution in [3.63, 3.8) is 0 Å². The highest BCUT2D eigenvalue weighted by atomic mass is 35.5. The fourth-order valence-electron chi connectivity index (χ4n) is 4.43. The molecule has 0 bridgehead atoms. The predicted molar refractivity (Wildman–Crippen MR) is 81.5 cm³/mol. The molecule has 0 atom stereocenters. The van der Waals surface area contributed by atoms with E-state index in [0.29, 0.717) is 24.8 Å². The molecule has 0 heterocycles. The van der Waals surface area contributed by atoms with Gasteiger partial charge in [-0.15, -0.1) is 0 Å². The Morgan fingerprint density at radius 3 is 2.20 bits per heavy atom. The molecule has 1 saturated carbocycles. The van der Waals surface area contributed by atoms with Gasteiger partial charge in [-0.3, -0.25) is 0 Å². The van der Waals surface area contributed by atoms with Crippen molar-refractivity contribution in [1.82, 2.24) is 0 Å². The van der Waals surface area contributed by atoms with Crippen LogP contribution < -0.4 is 0 Å². The molecule has 0 radical (unpaired) electrons. The number of halogens is 2. The summed E-state index contributed by atoms with van der Waals surface area (Å²) in [6.45, 7) is 8.70. The largest absolute Gasteiger partial charge is 0.390 e. The fraction of sp³-hybridized carbons (Fsp3) is 0.647. The van der Waals surface area contributed by atoms with Crippen molar-refractivity contribution in [2.24, 2.45) is 10.8 Å². The number of hydrogen-bond acceptors (Lipinski definition) is 1. The first-order chi connectivity index (χ1) is 9.02. The monoisotopic (exact) mass is 298 g/mol. The van der Waals surface area contributed by atoms with E-state index < -0.39 is 11.4 Å². The van der Waals surface area contributed by atoms with Gasteiger partial charge in [0.25, 0.3) is 0 Å². The third-order valence-corrected chi connectivity index (χ3v) is 4.42. The van der Waals surface area contributed by atoms with E-state index in [0.717, 1.165) is 6.42 Å². The topological polar surface area (TPSA) is 20.2 Å². The van der Waals surface area contributed by atoms with E-state index in [4.69, 9.17) is 11.6 Å². The summed E-state index contributed by atoms with van der Waals surface area (Å²) in [6, 6.07) is 5.00. The lowest BCUT2D eigenvalue weighted by molar-refractivity contribution is -0.0854. The molecular formula is C17H24ClFO. The van der Waals surface area contributed by atoms with Crippen LogP contribution >= 0.6 is 11.6 Å². The molecule has 1 aromatic carbocycles. The van der Waals surface area contributed by atoms with Gasteiger partial charge in [-0.05, 0) is 41.7 Å². The number of rotatable bonds is 2. The highest BCUT2D eigenvalue weighted by Crippen LogP contribution is 2.51. The lowest BCUT2D eigenvalue weighted by Gasteiger charge is -2.49. The maximum absolute atomic E-state index is 14.1. The summed E-state index contributed by atoms with van der Waals surface area (Å²) in [5.41, 5.74) is -0.234. The smallest absolute Gasteiger partial charge is 0.145 e. The molecule has 0 saturated heterocycles. The Morgan fingerprint density at radius 2 is 1.65 bits per heavy atom. The molecule has 20 heavy (non-hydrogen) atoms. The second-order valence-corrected chi connectivity index (χ2v) is 8.38. The molecule has 0 amide bonds. The summed E-state index contributed by atoms with van der Waals surface area (Å²) >= 11 is 5.83. The SMILES string of the molecule is CC1(C)CC(C)(C)CC(O)(Cc2cccc(Cl)c2F)C1. The van der Waals surface area contributed by atoms with Gasteiger partial charge in [0.15, 0.2) is 0 Å². The van der Waals surface area contributed by atoms with Gasteiger partial charge in [-0.1, -0.05) is 51.4 Å². The van der Waals surface area contributed by atoms with Gasteiger partial charge in [0.05, 0.1) is 10.6 Å². The van der Waals surface area contributed by atoms with Gasteiger partial charge >= 0.3 is 0 Å². The zero-order valence-corrected chi connectivity index (χ0v) is 13.5. The van der Waals surface area contributed by atoms with Crippen molar-refractivity contribution in [2.45, 2.75) is 59.0 Å². The summed E-state index contributed by atoms with van der Waals surface area (Å²) in [5, 5.41) is 11.1. The molecule has 1 aromatic rings. The molecule has 0 spiro atoms. The van der Waals surface area contributed by atoms with Crippen LogP contribution in [0.25, 0.3) is 0 Å². The molecule has 2 rings (SSSR count). The Balaban J connectivity index is 2.29. The molecule has 1 N–H and O–H groups in total. The van der Waals surface area contributed by atoms with Gasteiger partial charge < -0.3 is 5.11 Å². The average molecular weight is 299 g/mol. The Morgan fingerprint density at radius 1 is 1.10 bits per heavy atom. The minimum Gasteiger partial charge on any atom is -0.390 e. The number of aliphatic hydroxyl groups is 1. The van der Waals surface area contributed by atoms with Crippen LogP contribution in [0, 0.1) is 16.6 Å². The van der Waals surface area contributed by atoms with E-state index in [9.17, 15) is 9.50 Å². The van der Waals surface area contributed by atoms with Crippen LogP contribution in [-0.4, -0.2) is 10.7 Å². The van der Waals surface area contributed by atoms with Gasteiger partial charge in [-0.2, -0.15) is 0 Å². The summed E-state index contributed by atoms with van der Waals surface area (Å²) in [7, 11) is 0. The van der Waals surface area contributed by atoms with Crippen LogP contribution in [0.4, 0.5) is 4.39 Å². The predicted octanol–water partition coefficient (Wildman–Crippen LogP) is 4.99. The molecule has 3 heteroatoms. The summed E-state index contributed by atoms with van der Waals surface area (Å²) < 4.78 is 14.1. The van der Waals surface area contributed by atoms with Gasteiger partial charge in [0, 0.05) is 6.42 Å². The van der Waals surface area contributed by atoms with Gasteiger partial charge in [0.2, 0.25) is 0 Å². The standard InChI is InChI=1S/C17H24ClFO/c1-15(2)9-16(3,4)11-17(20,10-15)8-12-6-5-7-13(18)14(12)19/h5-7,20H,8-11H2,1-4H3. The molecule has 112 valence electrons. The van der Waals surface area contributed by atoms with Crippen molar-refractivity contribution in [1.29, 1.82) is 0 Å². The molecule has 1 fully saturated rings. The first-order valence-corrected chi connectivity index (χ1v) is 7.55. The lowest BCUT2D eigenvalue weighted by Crippen LogP contribution is -2.47. The second-order valence-electron chi connectivity index (χ2n) is 7.97. The lowest BCUT2D eigenvalue weighted by atomic mass is 9.58. The number of hydrogen-bond donors (Lipinski definition) is 1. The molecule has 1 aliphatic rings. The van der Waals surface area contributed by atoms with E-state index in [1.165, 1.54) is 0 Å². The van der Waals surface area contributed by atoms with E-state index in [1.807, 2.05) is 0 Å². The maximum Gasteiger partial charge on any atom is 0.145 e. The van der Waals surface area contributed by atoms with Crippen LogP contribution in [0.2, 0.25) is 5.02 Å². The Bertz CT molecular complexity index is 492. The van der Waals surface area contributed by atoms with Crippen LogP contribution in [-0.2, 0) is 6.42 Å². The van der Waals surface area contributed by atoms with E-state index >= 15 is 0 Å². The highest BCUT2D eigenvalue weighted by Gasteiger charge is 2.46. The highest BCUT2D eigenvalue weighted by molar-refractivity contribution is 6.30. The normalized spacial score (nSPS) is 23.6. The van der Waals surface area contributed by atoms with Crippen LogP contribution in [0.1, 0.15) is 52.5 Å². The fourth-order valence-corrected chi connectivity index (χ4v) is 4.62. The average Bonchev–Trinajstić information content (AvgIpc) is 2.19. The van der Waals surface area contributed by atoms with Crippen molar-refractivity contribution < 1.29 is 9.50 Å². The minimum atomic E-state index is -0.864. The molecule has 0 aliphatic heterocycles. The van der Waals surface area contributed by atoms with Crippen molar-refractivity contribution >= 4 is 11.6 Å². The third kappa shape index (κ3) is 3.53. The van der Waals surface area contributed by atoms with Crippen LogP contribution in [0.5, 0.6) is 0 Å². The Kier molecular flexibility index (Phi) is 3.94. The first-order valence-electron chi connectivity index (χ1n) is 7.17. The summed E-state index contributed by atoms with van der Waals surface area (Å²) in [6.07, 6.45) is 2.78. The van der Waals surface area contributed by atoms with Gasteiger partial charge in [-0.25, -0.2) is 4.39 Å². The Labute approximate surface area is 126 Å². The van der Waals surface area contributed by atoms with E-state index in [2.05, 4.69) is 27.7 Å². The molecule has 0 unspecified atom stereocenters. The summed E-state index contributed by atoms with van der Waals surface area (Å²) in [4.78, 5) is 0. The maximum atomic E-state index is 14.1. The van der Waals surface area contributed by atoms with Crippen LogP contribution in [0.15, 0.2) is 18.2 Å². The quantitative estimate of drug-likeness (QED) is 0.815. The molecule has 0 aromatic heterocycles. The minimum absolute atomic E-state index is 0.0611. The number of benzene rings is 1. The first kappa shape index (κ1) is 15.8. The van der Waals surface area contributed by atoms with Crippen LogP contribution in [0.3, 0.4) is 0 Å². The van der Waals surface area contributed by atoms with Crippen molar-refractivity contribution in [3.05, 3.63) is 34.6 Å². The third-order valence-electron chi connectivity index (χ3n) is 4.12. The van der Waals surface area contributed by atoms with Crippen molar-refractivity contribution in [2.75, 3.05) is 0 Å². The van der Waals surface area contributed by atoms with E-state index in [-0.39, 0.29) is 15.9 Å². The van der Waals surface area contributed by atoms with Crippen molar-refractivity contribution in [3.8, 4) is 0 Å².